The van der Waals surface area contributed by atoms with Gasteiger partial charge >= 0.3 is 0 Å². The zero-order valence-corrected chi connectivity index (χ0v) is 38.1. The van der Waals surface area contributed by atoms with E-state index in [4.69, 9.17) is 0 Å². The van der Waals surface area contributed by atoms with Crippen molar-refractivity contribution in [1.29, 1.82) is 0 Å². The summed E-state index contributed by atoms with van der Waals surface area (Å²) in [6.07, 6.45) is 71.0. The van der Waals surface area contributed by atoms with E-state index < -0.39 is 0 Å². The smallest absolute Gasteiger partial charge is 0.0247 e. The van der Waals surface area contributed by atoms with Crippen LogP contribution >= 0.6 is 0 Å². The lowest BCUT2D eigenvalue weighted by Crippen LogP contribution is -2.56. The van der Waals surface area contributed by atoms with Gasteiger partial charge in [0.2, 0.25) is 0 Å². The van der Waals surface area contributed by atoms with Crippen molar-refractivity contribution in [1.82, 2.24) is 9.80 Å². The lowest BCUT2D eigenvalue weighted by molar-refractivity contribution is -0.0110. The van der Waals surface area contributed by atoms with Crippen molar-refractivity contribution in [3.8, 4) is 0 Å². The van der Waals surface area contributed by atoms with Gasteiger partial charge < -0.3 is 0 Å². The Kier molecular flexibility index (Phi) is 21.9. The van der Waals surface area contributed by atoms with Gasteiger partial charge in [0.1, 0.15) is 0 Å². The molecule has 56 heavy (non-hydrogen) atoms. The second-order valence-electron chi connectivity index (χ2n) is 21.6. The Balaban J connectivity index is 1.36. The number of rotatable bonds is 6. The predicted octanol–water partition coefficient (Wildman–Crippen LogP) is 17.2. The molecule has 0 aromatic heterocycles. The Bertz CT molecular complexity index is 942. The van der Waals surface area contributed by atoms with Gasteiger partial charge in [0.25, 0.3) is 0 Å². The van der Waals surface area contributed by atoms with E-state index in [9.17, 15) is 0 Å². The third-order valence-electron chi connectivity index (χ3n) is 17.3. The number of nitrogens with zero attached hydrogens (tertiary/aromatic N) is 2. The highest BCUT2D eigenvalue weighted by Gasteiger charge is 2.59. The minimum Gasteiger partial charge on any atom is -0.294 e. The number of hydrogen-bond acceptors (Lipinski definition) is 2. The van der Waals surface area contributed by atoms with Gasteiger partial charge in [0.05, 0.1) is 0 Å². The molecule has 2 nitrogen and oxygen atoms in total. The average molecular weight is 777 g/mol. The summed E-state index contributed by atoms with van der Waals surface area (Å²) in [4.78, 5) is 7.01. The van der Waals surface area contributed by atoms with Gasteiger partial charge in [0.15, 0.2) is 0 Å². The molecule has 6 fully saturated rings. The van der Waals surface area contributed by atoms with E-state index in [0.29, 0.717) is 5.54 Å². The fourth-order valence-electron chi connectivity index (χ4n) is 14.1. The van der Waals surface area contributed by atoms with E-state index in [-0.39, 0.29) is 0 Å². The van der Waals surface area contributed by atoms with Crippen LogP contribution in [0.25, 0.3) is 0 Å². The van der Waals surface area contributed by atoms with E-state index in [2.05, 4.69) is 9.80 Å². The molecular formula is C54H100N2. The van der Waals surface area contributed by atoms with Gasteiger partial charge in [-0.3, -0.25) is 9.80 Å². The molecule has 0 saturated heterocycles. The predicted molar refractivity (Wildman–Crippen MR) is 246 cm³/mol. The van der Waals surface area contributed by atoms with Crippen LogP contribution in [0.5, 0.6) is 0 Å². The molecule has 0 aromatic carbocycles. The molecule has 6 saturated carbocycles. The van der Waals surface area contributed by atoms with Crippen molar-refractivity contribution in [3.63, 3.8) is 0 Å². The summed E-state index contributed by atoms with van der Waals surface area (Å²) in [6, 6.07) is 4.21. The van der Waals surface area contributed by atoms with Crippen molar-refractivity contribution in [2.45, 2.75) is 338 Å². The monoisotopic (exact) mass is 777 g/mol. The molecule has 0 radical (unpaired) electrons. The van der Waals surface area contributed by atoms with Crippen LogP contribution in [-0.4, -0.2) is 45.5 Å². The first-order valence-electron chi connectivity index (χ1n) is 27.4. The fourth-order valence-corrected chi connectivity index (χ4v) is 14.1. The zero-order chi connectivity index (χ0) is 38.4. The Morgan fingerprint density at radius 3 is 0.929 bits per heavy atom. The van der Waals surface area contributed by atoms with Crippen molar-refractivity contribution >= 4 is 0 Å². The molecule has 0 bridgehead atoms. The Morgan fingerprint density at radius 2 is 0.536 bits per heavy atom. The van der Waals surface area contributed by atoms with Crippen molar-refractivity contribution in [3.05, 3.63) is 0 Å². The molecule has 6 aliphatic rings. The van der Waals surface area contributed by atoms with Crippen LogP contribution in [0.2, 0.25) is 0 Å². The number of fused-ring (bicyclic) bond motifs is 1. The lowest BCUT2D eigenvalue weighted by Gasteiger charge is -2.50. The maximum atomic E-state index is 3.55. The molecule has 0 spiro atoms. The SMILES string of the molecule is C1CCCCCCC(N(C2CCCCCCCCC(N(C3CCCCCCCCCC3)C3CCCCCCCC3)C2)C23CCCCCCCC2C3)CCCCC1. The van der Waals surface area contributed by atoms with Crippen LogP contribution in [-0.2, 0) is 0 Å². The van der Waals surface area contributed by atoms with Crippen molar-refractivity contribution < 1.29 is 0 Å². The minimum atomic E-state index is 0.552. The van der Waals surface area contributed by atoms with Gasteiger partial charge in [-0.15, -0.1) is 0 Å². The summed E-state index contributed by atoms with van der Waals surface area (Å²) >= 11 is 0. The highest BCUT2D eigenvalue weighted by atomic mass is 15.3. The van der Waals surface area contributed by atoms with E-state index >= 15 is 0 Å². The van der Waals surface area contributed by atoms with Gasteiger partial charge in [-0.2, -0.15) is 0 Å². The second-order valence-corrected chi connectivity index (χ2v) is 21.6. The highest BCUT2D eigenvalue weighted by Crippen LogP contribution is 2.58. The van der Waals surface area contributed by atoms with Gasteiger partial charge in [-0.1, -0.05) is 225 Å². The maximum absolute atomic E-state index is 3.55. The topological polar surface area (TPSA) is 6.48 Å². The molecule has 326 valence electrons. The van der Waals surface area contributed by atoms with Crippen LogP contribution in [0.15, 0.2) is 0 Å². The van der Waals surface area contributed by atoms with Crippen LogP contribution in [0.3, 0.4) is 0 Å². The summed E-state index contributed by atoms with van der Waals surface area (Å²) in [5.41, 5.74) is 0.552. The van der Waals surface area contributed by atoms with Gasteiger partial charge in [0, 0.05) is 35.7 Å². The van der Waals surface area contributed by atoms with Crippen molar-refractivity contribution in [2.24, 2.45) is 5.92 Å². The van der Waals surface area contributed by atoms with E-state index in [1.54, 1.807) is 19.3 Å². The summed E-state index contributed by atoms with van der Waals surface area (Å²) in [6.45, 7) is 0. The maximum Gasteiger partial charge on any atom is 0.0247 e. The summed E-state index contributed by atoms with van der Waals surface area (Å²) < 4.78 is 0. The van der Waals surface area contributed by atoms with Crippen LogP contribution in [0.4, 0.5) is 0 Å². The second kappa shape index (κ2) is 27.0. The third-order valence-corrected chi connectivity index (χ3v) is 17.3. The first kappa shape index (κ1) is 45.4. The molecule has 0 heterocycles. The molecule has 4 unspecified atom stereocenters. The molecular weight excluding hydrogens is 677 g/mol. The number of hydrogen-bond donors (Lipinski definition) is 0. The highest BCUT2D eigenvalue weighted by molar-refractivity contribution is 5.14. The summed E-state index contributed by atoms with van der Waals surface area (Å²) in [5, 5.41) is 0. The van der Waals surface area contributed by atoms with E-state index in [1.165, 1.54) is 283 Å². The molecule has 0 aliphatic heterocycles. The Labute approximate surface area is 352 Å². The molecule has 6 aliphatic carbocycles. The van der Waals surface area contributed by atoms with E-state index in [1.807, 2.05) is 0 Å². The van der Waals surface area contributed by atoms with Gasteiger partial charge in [-0.25, -0.2) is 0 Å². The van der Waals surface area contributed by atoms with Gasteiger partial charge in [-0.05, 0) is 83.0 Å². The largest absolute Gasteiger partial charge is 0.294 e. The molecule has 0 aromatic rings. The molecule has 0 N–H and O–H groups in total. The third kappa shape index (κ3) is 15.1. The molecule has 0 amide bonds. The van der Waals surface area contributed by atoms with Crippen LogP contribution < -0.4 is 0 Å². The first-order chi connectivity index (χ1) is 27.9. The minimum absolute atomic E-state index is 0.552. The average Bonchev–Trinajstić information content (AvgIpc) is 3.86. The molecule has 2 heteroatoms. The quantitative estimate of drug-likeness (QED) is 0.265. The zero-order valence-electron chi connectivity index (χ0n) is 38.1. The molecule has 6 rings (SSSR count). The lowest BCUT2D eigenvalue weighted by atomic mass is 9.85. The Hall–Kier alpha value is -0.0800. The van der Waals surface area contributed by atoms with Crippen LogP contribution in [0.1, 0.15) is 302 Å². The molecule has 4 atom stereocenters. The Morgan fingerprint density at radius 1 is 0.250 bits per heavy atom. The fraction of sp³-hybridized carbons (Fsp3) is 1.00. The van der Waals surface area contributed by atoms with Crippen LogP contribution in [0, 0.1) is 5.92 Å². The first-order valence-corrected chi connectivity index (χ1v) is 27.4. The summed E-state index contributed by atoms with van der Waals surface area (Å²) in [7, 11) is 0. The van der Waals surface area contributed by atoms with E-state index in [0.717, 1.165) is 36.1 Å². The normalized spacial score (nSPS) is 33.2. The standard InChI is InChI=1S/C54H100N2/c1-2-4-10-22-32-42-51(41-31-21-9-3-1)56(54-45-35-25-15-16-26-36-48(54)47-54)53-44-34-24-14-13-23-33-43-52(46-53)55(50-39-29-19-11-12-20-30-40-50)49-37-27-17-7-5-6-8-18-28-38-49/h48-53H,1-47H2. The van der Waals surface area contributed by atoms with Crippen molar-refractivity contribution in [2.75, 3.05) is 0 Å². The summed E-state index contributed by atoms with van der Waals surface area (Å²) in [5.74, 6) is 1.01.